The van der Waals surface area contributed by atoms with Crippen molar-refractivity contribution < 1.29 is 14.1 Å². The summed E-state index contributed by atoms with van der Waals surface area (Å²) >= 11 is 12.5. The Balaban J connectivity index is 1.68. The Labute approximate surface area is 170 Å². The van der Waals surface area contributed by atoms with Crippen LogP contribution >= 0.6 is 23.2 Å². The lowest BCUT2D eigenvalue weighted by atomic mass is 10.2. The Morgan fingerprint density at radius 3 is 2.43 bits per heavy atom. The average molecular weight is 421 g/mol. The highest BCUT2D eigenvalue weighted by molar-refractivity contribution is 6.37. The molecule has 3 aromatic carbocycles. The van der Waals surface area contributed by atoms with Gasteiger partial charge in [0.05, 0.1) is 15.0 Å². The summed E-state index contributed by atoms with van der Waals surface area (Å²) in [7, 11) is 0. The molecule has 28 heavy (non-hydrogen) atoms. The fourth-order valence-electron chi connectivity index (χ4n) is 2.55. The molecule has 0 aliphatic heterocycles. The van der Waals surface area contributed by atoms with Crippen molar-refractivity contribution in [1.82, 2.24) is 0 Å². The van der Waals surface area contributed by atoms with Crippen molar-refractivity contribution in [3.63, 3.8) is 0 Å². The number of halogens is 3. The van der Waals surface area contributed by atoms with E-state index < -0.39 is 4.92 Å². The number of ether oxygens (including phenoxy) is 1. The van der Waals surface area contributed by atoms with Gasteiger partial charge in [-0.05, 0) is 29.8 Å². The number of nitrogens with zero attached hydrogens (tertiary/aromatic N) is 1. The van der Waals surface area contributed by atoms with E-state index in [2.05, 4.69) is 5.32 Å². The first-order valence-corrected chi connectivity index (χ1v) is 9.02. The van der Waals surface area contributed by atoms with Gasteiger partial charge in [0.15, 0.2) is 5.75 Å². The molecule has 0 saturated carbocycles. The second-order valence-corrected chi connectivity index (χ2v) is 6.74. The molecular weight excluding hydrogens is 406 g/mol. The van der Waals surface area contributed by atoms with Crippen LogP contribution in [0.15, 0.2) is 60.7 Å². The number of hydrogen-bond acceptors (Lipinski definition) is 4. The van der Waals surface area contributed by atoms with Crippen molar-refractivity contribution in [3.05, 3.63) is 97.8 Å². The molecule has 5 nitrogen and oxygen atoms in total. The molecule has 8 heteroatoms. The Kier molecular flexibility index (Phi) is 6.34. The molecule has 0 radical (unpaired) electrons. The summed E-state index contributed by atoms with van der Waals surface area (Å²) in [5.74, 6) is -0.0989. The van der Waals surface area contributed by atoms with E-state index in [0.717, 1.165) is 5.56 Å². The van der Waals surface area contributed by atoms with Crippen LogP contribution in [0.5, 0.6) is 5.75 Å². The maximum Gasteiger partial charge on any atom is 0.271 e. The van der Waals surface area contributed by atoms with Gasteiger partial charge >= 0.3 is 0 Å². The number of nitro groups is 1. The number of nitrogens with one attached hydrogen (secondary N) is 1. The fraction of sp³-hybridized carbons (Fsp3) is 0.100. The third-order valence-electron chi connectivity index (χ3n) is 3.94. The molecule has 0 atom stereocenters. The Morgan fingerprint density at radius 2 is 1.75 bits per heavy atom. The second-order valence-electron chi connectivity index (χ2n) is 5.93. The van der Waals surface area contributed by atoms with Gasteiger partial charge in [-0.25, -0.2) is 4.39 Å². The van der Waals surface area contributed by atoms with Gasteiger partial charge in [0.25, 0.3) is 5.69 Å². The zero-order valence-electron chi connectivity index (χ0n) is 14.5. The highest BCUT2D eigenvalue weighted by Crippen LogP contribution is 2.35. The third-order valence-corrected chi connectivity index (χ3v) is 4.50. The summed E-state index contributed by atoms with van der Waals surface area (Å²) in [6.07, 6.45) is 0. The third kappa shape index (κ3) is 4.91. The molecule has 0 heterocycles. The minimum Gasteiger partial charge on any atom is -0.486 e. The number of hydrogen-bond donors (Lipinski definition) is 1. The van der Waals surface area contributed by atoms with Gasteiger partial charge in [-0.15, -0.1) is 0 Å². The molecule has 0 saturated heterocycles. The van der Waals surface area contributed by atoms with Crippen molar-refractivity contribution in [2.75, 3.05) is 5.32 Å². The first-order chi connectivity index (χ1) is 13.4. The minimum absolute atomic E-state index is 0.00189. The molecule has 0 fully saturated rings. The number of non-ortho nitro benzene ring substituents is 1. The van der Waals surface area contributed by atoms with Crippen LogP contribution in [-0.4, -0.2) is 4.92 Å². The molecule has 144 valence electrons. The van der Waals surface area contributed by atoms with E-state index in [1.54, 1.807) is 42.5 Å². The molecule has 0 bridgehead atoms. The van der Waals surface area contributed by atoms with E-state index in [9.17, 15) is 14.5 Å². The molecule has 0 aliphatic rings. The predicted octanol–water partition coefficient (Wildman–Crippen LogP) is 6.23. The van der Waals surface area contributed by atoms with Crippen molar-refractivity contribution in [3.8, 4) is 5.75 Å². The SMILES string of the molecule is O=[N+]([O-])c1cccc(NCc2cc(Cl)c(OCc3ccccc3F)c(Cl)c2)c1. The maximum atomic E-state index is 13.7. The molecular formula is C20H15Cl2FN2O3. The van der Waals surface area contributed by atoms with E-state index in [4.69, 9.17) is 27.9 Å². The van der Waals surface area contributed by atoms with Gasteiger partial charge in [-0.1, -0.05) is 47.5 Å². The second kappa shape index (κ2) is 8.91. The molecule has 0 amide bonds. The average Bonchev–Trinajstić information content (AvgIpc) is 2.67. The molecule has 0 spiro atoms. The standard InChI is InChI=1S/C20H15Cl2FN2O3/c21-17-8-13(11-24-15-5-3-6-16(10-15)25(26)27)9-18(22)20(17)28-12-14-4-1-2-7-19(14)23/h1-10,24H,11-12H2. The first-order valence-electron chi connectivity index (χ1n) is 8.26. The normalized spacial score (nSPS) is 10.5. The van der Waals surface area contributed by atoms with E-state index in [1.165, 1.54) is 18.2 Å². The summed E-state index contributed by atoms with van der Waals surface area (Å²) in [6, 6.07) is 15.8. The molecule has 3 rings (SSSR count). The molecule has 0 aliphatic carbocycles. The lowest BCUT2D eigenvalue weighted by molar-refractivity contribution is -0.384. The summed E-state index contributed by atoms with van der Waals surface area (Å²) < 4.78 is 19.3. The summed E-state index contributed by atoms with van der Waals surface area (Å²) in [5.41, 5.74) is 1.75. The van der Waals surface area contributed by atoms with Crippen LogP contribution in [0.25, 0.3) is 0 Å². The van der Waals surface area contributed by atoms with E-state index >= 15 is 0 Å². The van der Waals surface area contributed by atoms with E-state index in [1.807, 2.05) is 0 Å². The van der Waals surface area contributed by atoms with Crippen LogP contribution in [0.3, 0.4) is 0 Å². The van der Waals surface area contributed by atoms with Crippen molar-refractivity contribution in [2.24, 2.45) is 0 Å². The molecule has 1 N–H and O–H groups in total. The summed E-state index contributed by atoms with van der Waals surface area (Å²) in [4.78, 5) is 10.4. The summed E-state index contributed by atoms with van der Waals surface area (Å²) in [6.45, 7) is 0.353. The van der Waals surface area contributed by atoms with Crippen LogP contribution < -0.4 is 10.1 Å². The van der Waals surface area contributed by atoms with Crippen molar-refractivity contribution in [1.29, 1.82) is 0 Å². The van der Waals surface area contributed by atoms with Gasteiger partial charge < -0.3 is 10.1 Å². The predicted molar refractivity (Wildman–Crippen MR) is 108 cm³/mol. The van der Waals surface area contributed by atoms with Gasteiger partial charge in [0.1, 0.15) is 12.4 Å². The van der Waals surface area contributed by atoms with Crippen molar-refractivity contribution >= 4 is 34.6 Å². The highest BCUT2D eigenvalue weighted by atomic mass is 35.5. The quantitative estimate of drug-likeness (QED) is 0.363. The van der Waals surface area contributed by atoms with Gasteiger partial charge in [0.2, 0.25) is 0 Å². The van der Waals surface area contributed by atoms with Crippen LogP contribution in [0.4, 0.5) is 15.8 Å². The zero-order valence-corrected chi connectivity index (χ0v) is 16.0. The number of anilines is 1. The monoisotopic (exact) mass is 420 g/mol. The number of benzene rings is 3. The summed E-state index contributed by atoms with van der Waals surface area (Å²) in [5, 5.41) is 14.5. The topological polar surface area (TPSA) is 64.4 Å². The van der Waals surface area contributed by atoms with Gasteiger partial charge in [-0.3, -0.25) is 10.1 Å². The van der Waals surface area contributed by atoms with Crippen LogP contribution in [-0.2, 0) is 13.2 Å². The molecule has 0 unspecified atom stereocenters. The van der Waals surface area contributed by atoms with E-state index in [0.29, 0.717) is 27.8 Å². The Morgan fingerprint density at radius 1 is 1.04 bits per heavy atom. The van der Waals surface area contributed by atoms with Gasteiger partial charge in [-0.2, -0.15) is 0 Å². The molecule has 0 aromatic heterocycles. The van der Waals surface area contributed by atoms with Crippen molar-refractivity contribution in [2.45, 2.75) is 13.2 Å². The van der Waals surface area contributed by atoms with Crippen LogP contribution in [0.2, 0.25) is 10.0 Å². The van der Waals surface area contributed by atoms with Crippen LogP contribution in [0.1, 0.15) is 11.1 Å². The maximum absolute atomic E-state index is 13.7. The highest BCUT2D eigenvalue weighted by Gasteiger charge is 2.12. The number of rotatable bonds is 7. The number of nitro benzene ring substituents is 1. The Bertz CT molecular complexity index is 991. The zero-order chi connectivity index (χ0) is 20.1. The van der Waals surface area contributed by atoms with E-state index in [-0.39, 0.29) is 23.9 Å². The lowest BCUT2D eigenvalue weighted by Crippen LogP contribution is -2.02. The smallest absolute Gasteiger partial charge is 0.271 e. The van der Waals surface area contributed by atoms with Crippen LogP contribution in [0, 0.1) is 15.9 Å². The Hall–Kier alpha value is -2.83. The largest absolute Gasteiger partial charge is 0.486 e. The minimum atomic E-state index is -0.458. The van der Waals surface area contributed by atoms with Gasteiger partial charge in [0, 0.05) is 29.9 Å². The fourth-order valence-corrected chi connectivity index (χ4v) is 3.19. The molecule has 3 aromatic rings. The first kappa shape index (κ1) is 19.9. The lowest BCUT2D eigenvalue weighted by Gasteiger charge is -2.13.